The number of amides is 2. The van der Waals surface area contributed by atoms with E-state index in [0.29, 0.717) is 37.3 Å². The second-order valence-corrected chi connectivity index (χ2v) is 6.72. The Kier molecular flexibility index (Phi) is 5.83. The van der Waals surface area contributed by atoms with Crippen molar-refractivity contribution < 1.29 is 22.9 Å². The third-order valence-electron chi connectivity index (χ3n) is 4.28. The van der Waals surface area contributed by atoms with Crippen molar-refractivity contribution in [2.45, 2.75) is 32.7 Å². The summed E-state index contributed by atoms with van der Waals surface area (Å²) in [5, 5.41) is 6.53. The minimum atomic E-state index is -0.816. The van der Waals surface area contributed by atoms with E-state index in [4.69, 9.17) is 4.52 Å². The number of carbonyl (C=O) groups excluding carboxylic acids is 2. The molecular weight excluding hydrogens is 356 g/mol. The lowest BCUT2D eigenvalue weighted by Gasteiger charge is -2.20. The van der Waals surface area contributed by atoms with Crippen molar-refractivity contribution in [3.63, 3.8) is 0 Å². The van der Waals surface area contributed by atoms with Gasteiger partial charge in [0.1, 0.15) is 11.6 Å². The van der Waals surface area contributed by atoms with E-state index in [1.807, 2.05) is 6.92 Å². The summed E-state index contributed by atoms with van der Waals surface area (Å²) in [5.41, 5.74) is 0.0641. The van der Waals surface area contributed by atoms with Gasteiger partial charge in [0.2, 0.25) is 0 Å². The molecule has 1 aromatic heterocycles. The van der Waals surface area contributed by atoms with Crippen molar-refractivity contribution >= 4 is 11.8 Å². The van der Waals surface area contributed by atoms with Gasteiger partial charge in [0, 0.05) is 30.8 Å². The maximum absolute atomic E-state index is 13.4. The molecule has 0 bridgehead atoms. The highest BCUT2D eigenvalue weighted by molar-refractivity contribution is 5.94. The Labute approximate surface area is 155 Å². The number of nitrogens with zero attached hydrogens (tertiary/aromatic N) is 2. The minimum absolute atomic E-state index is 0.0493. The molecule has 144 valence electrons. The molecule has 1 heterocycles. The van der Waals surface area contributed by atoms with Crippen molar-refractivity contribution in [3.8, 4) is 0 Å². The van der Waals surface area contributed by atoms with Gasteiger partial charge in [-0.25, -0.2) is 8.78 Å². The van der Waals surface area contributed by atoms with Crippen LogP contribution in [0.3, 0.4) is 0 Å². The molecule has 0 spiro atoms. The summed E-state index contributed by atoms with van der Waals surface area (Å²) in [6.45, 7) is 2.91. The number of carbonyl (C=O) groups is 2. The van der Waals surface area contributed by atoms with Gasteiger partial charge in [-0.3, -0.25) is 9.59 Å². The molecular formula is C19H21F2N3O3. The van der Waals surface area contributed by atoms with Crippen molar-refractivity contribution in [2.75, 3.05) is 13.1 Å². The number of aromatic nitrogens is 1. The first-order valence-electron chi connectivity index (χ1n) is 8.95. The SMILES string of the molecule is CCCN(Cc1cc(C(=O)NCC2CC2)no1)C(=O)c1cc(F)cc(F)c1. The summed E-state index contributed by atoms with van der Waals surface area (Å²) < 4.78 is 32.0. The second-order valence-electron chi connectivity index (χ2n) is 6.72. The van der Waals surface area contributed by atoms with Gasteiger partial charge in [-0.1, -0.05) is 12.1 Å². The molecule has 1 aliphatic carbocycles. The number of rotatable bonds is 8. The van der Waals surface area contributed by atoms with Gasteiger partial charge in [0.25, 0.3) is 11.8 Å². The van der Waals surface area contributed by atoms with E-state index in [1.165, 1.54) is 11.0 Å². The second kappa shape index (κ2) is 8.28. The molecule has 2 amide bonds. The predicted molar refractivity (Wildman–Crippen MR) is 92.9 cm³/mol. The lowest BCUT2D eigenvalue weighted by molar-refractivity contribution is 0.0726. The van der Waals surface area contributed by atoms with Crippen molar-refractivity contribution in [1.82, 2.24) is 15.4 Å². The Hall–Kier alpha value is -2.77. The normalized spacial score (nSPS) is 13.4. The number of nitrogens with one attached hydrogen (secondary N) is 1. The van der Waals surface area contributed by atoms with Crippen LogP contribution in [0.25, 0.3) is 0 Å². The van der Waals surface area contributed by atoms with Gasteiger partial charge in [-0.15, -0.1) is 0 Å². The molecule has 0 atom stereocenters. The zero-order valence-electron chi connectivity index (χ0n) is 15.0. The Morgan fingerprint density at radius 2 is 1.93 bits per heavy atom. The van der Waals surface area contributed by atoms with Crippen LogP contribution in [0, 0.1) is 17.6 Å². The standard InChI is InChI=1S/C19H21F2N3O3/c1-2-5-24(19(26)13-6-14(20)8-15(21)7-13)11-16-9-17(23-27-16)18(25)22-10-12-3-4-12/h6-9,12H,2-5,10-11H2,1H3,(H,22,25). The molecule has 1 aromatic carbocycles. The molecule has 6 nitrogen and oxygen atoms in total. The van der Waals surface area contributed by atoms with E-state index < -0.39 is 17.5 Å². The molecule has 2 aromatic rings. The molecule has 8 heteroatoms. The fourth-order valence-electron chi connectivity index (χ4n) is 2.71. The predicted octanol–water partition coefficient (Wildman–Crippen LogP) is 3.15. The van der Waals surface area contributed by atoms with Gasteiger partial charge in [-0.2, -0.15) is 0 Å². The first kappa shape index (κ1) is 19.0. The summed E-state index contributed by atoms with van der Waals surface area (Å²) in [7, 11) is 0. The largest absolute Gasteiger partial charge is 0.359 e. The van der Waals surface area contributed by atoms with Gasteiger partial charge >= 0.3 is 0 Å². The Balaban J connectivity index is 1.68. The fraction of sp³-hybridized carbons (Fsp3) is 0.421. The summed E-state index contributed by atoms with van der Waals surface area (Å²) in [6.07, 6.45) is 2.89. The molecule has 0 radical (unpaired) electrons. The Morgan fingerprint density at radius 1 is 1.22 bits per heavy atom. The van der Waals surface area contributed by atoms with Crippen LogP contribution in [-0.2, 0) is 6.54 Å². The highest BCUT2D eigenvalue weighted by Gasteiger charge is 2.24. The Bertz CT molecular complexity index is 813. The third-order valence-corrected chi connectivity index (χ3v) is 4.28. The number of benzene rings is 1. The Morgan fingerprint density at radius 3 is 2.56 bits per heavy atom. The van der Waals surface area contributed by atoms with Crippen molar-refractivity contribution in [1.29, 1.82) is 0 Å². The molecule has 0 aliphatic heterocycles. The van der Waals surface area contributed by atoms with Crippen LogP contribution in [0.1, 0.15) is 52.8 Å². The van der Waals surface area contributed by atoms with Crippen LogP contribution in [0.4, 0.5) is 8.78 Å². The minimum Gasteiger partial charge on any atom is -0.359 e. The van der Waals surface area contributed by atoms with Gasteiger partial charge in [0.15, 0.2) is 11.5 Å². The number of halogens is 2. The van der Waals surface area contributed by atoms with Crippen molar-refractivity contribution in [3.05, 3.63) is 52.9 Å². The van der Waals surface area contributed by atoms with Crippen LogP contribution in [0.15, 0.2) is 28.8 Å². The first-order valence-corrected chi connectivity index (χ1v) is 8.95. The van der Waals surface area contributed by atoms with Gasteiger partial charge in [0.05, 0.1) is 6.54 Å². The summed E-state index contributed by atoms with van der Waals surface area (Å²) in [5.74, 6) is -1.60. The number of hydrogen-bond acceptors (Lipinski definition) is 4. The lowest BCUT2D eigenvalue weighted by Crippen LogP contribution is -2.31. The van der Waals surface area contributed by atoms with Crippen LogP contribution in [0.2, 0.25) is 0 Å². The molecule has 1 fully saturated rings. The van der Waals surface area contributed by atoms with E-state index >= 15 is 0 Å². The maximum atomic E-state index is 13.4. The maximum Gasteiger partial charge on any atom is 0.273 e. The van der Waals surface area contributed by atoms with Gasteiger partial charge in [-0.05, 0) is 37.3 Å². The molecule has 3 rings (SSSR count). The topological polar surface area (TPSA) is 75.4 Å². The van der Waals surface area contributed by atoms with Crippen LogP contribution in [-0.4, -0.2) is 35.0 Å². The molecule has 1 N–H and O–H groups in total. The quantitative estimate of drug-likeness (QED) is 0.767. The fourth-order valence-corrected chi connectivity index (χ4v) is 2.71. The van der Waals surface area contributed by atoms with Crippen LogP contribution in [0.5, 0.6) is 0 Å². The zero-order chi connectivity index (χ0) is 19.4. The van der Waals surface area contributed by atoms with Crippen LogP contribution < -0.4 is 5.32 Å². The van der Waals surface area contributed by atoms with Crippen LogP contribution >= 0.6 is 0 Å². The lowest BCUT2D eigenvalue weighted by atomic mass is 10.1. The first-order chi connectivity index (χ1) is 13.0. The molecule has 1 saturated carbocycles. The van der Waals surface area contributed by atoms with E-state index in [0.717, 1.165) is 25.0 Å². The molecule has 1 aliphatic rings. The van der Waals surface area contributed by atoms with E-state index in [9.17, 15) is 18.4 Å². The summed E-state index contributed by atoms with van der Waals surface area (Å²) in [6, 6.07) is 4.17. The van der Waals surface area contributed by atoms with E-state index in [2.05, 4.69) is 10.5 Å². The highest BCUT2D eigenvalue weighted by atomic mass is 19.1. The number of hydrogen-bond donors (Lipinski definition) is 1. The molecule has 0 unspecified atom stereocenters. The van der Waals surface area contributed by atoms with E-state index in [1.54, 1.807) is 0 Å². The third kappa shape index (κ3) is 5.12. The average Bonchev–Trinajstić information content (AvgIpc) is 3.34. The smallest absolute Gasteiger partial charge is 0.273 e. The van der Waals surface area contributed by atoms with Crippen molar-refractivity contribution in [2.24, 2.45) is 5.92 Å². The average molecular weight is 377 g/mol. The van der Waals surface area contributed by atoms with E-state index in [-0.39, 0.29) is 23.7 Å². The summed E-state index contributed by atoms with van der Waals surface area (Å²) in [4.78, 5) is 26.1. The molecule has 27 heavy (non-hydrogen) atoms. The monoisotopic (exact) mass is 377 g/mol. The summed E-state index contributed by atoms with van der Waals surface area (Å²) >= 11 is 0. The molecule has 0 saturated heterocycles. The zero-order valence-corrected chi connectivity index (χ0v) is 15.0. The highest BCUT2D eigenvalue weighted by Crippen LogP contribution is 2.27. The van der Waals surface area contributed by atoms with Gasteiger partial charge < -0.3 is 14.7 Å².